The van der Waals surface area contributed by atoms with E-state index in [4.69, 9.17) is 5.73 Å². The molecular weight excluding hydrogens is 309 g/mol. The molecule has 0 atom stereocenters. The van der Waals surface area contributed by atoms with Gasteiger partial charge in [-0.3, -0.25) is 0 Å². The first kappa shape index (κ1) is 14.1. The Morgan fingerprint density at radius 1 is 1.21 bits per heavy atom. The third-order valence-electron chi connectivity index (χ3n) is 2.63. The second-order valence-electron chi connectivity index (χ2n) is 5.06. The molecule has 0 spiro atoms. The van der Waals surface area contributed by atoms with Gasteiger partial charge in [0, 0.05) is 15.7 Å². The summed E-state index contributed by atoms with van der Waals surface area (Å²) in [4.78, 5) is 8.69. The SMILES string of the molecule is Cc1cc(-c2cc(Br)ccc2F)nc(C(C)(C)N)n1. The van der Waals surface area contributed by atoms with Gasteiger partial charge in [0.1, 0.15) is 11.6 Å². The van der Waals surface area contributed by atoms with Crippen molar-refractivity contribution in [3.05, 3.63) is 46.1 Å². The highest BCUT2D eigenvalue weighted by Gasteiger charge is 2.20. The standard InChI is InChI=1S/C14H15BrFN3/c1-8-6-12(19-13(18-8)14(2,3)17)10-7-9(15)4-5-11(10)16/h4-7H,17H2,1-3H3. The highest BCUT2D eigenvalue weighted by Crippen LogP contribution is 2.26. The molecule has 2 N–H and O–H groups in total. The van der Waals surface area contributed by atoms with Crippen LogP contribution in [0.3, 0.4) is 0 Å². The first-order chi connectivity index (χ1) is 8.77. The number of hydrogen-bond acceptors (Lipinski definition) is 3. The van der Waals surface area contributed by atoms with Crippen LogP contribution in [0.1, 0.15) is 25.4 Å². The van der Waals surface area contributed by atoms with Gasteiger partial charge in [-0.15, -0.1) is 0 Å². The normalized spacial score (nSPS) is 11.7. The molecule has 100 valence electrons. The molecule has 0 amide bonds. The van der Waals surface area contributed by atoms with Crippen LogP contribution in [0.15, 0.2) is 28.7 Å². The molecule has 1 aromatic carbocycles. The van der Waals surface area contributed by atoms with Gasteiger partial charge in [0.2, 0.25) is 0 Å². The first-order valence-corrected chi connectivity index (χ1v) is 6.67. The molecule has 0 aliphatic rings. The molecule has 0 fully saturated rings. The van der Waals surface area contributed by atoms with Crippen molar-refractivity contribution in [3.8, 4) is 11.3 Å². The van der Waals surface area contributed by atoms with Crippen molar-refractivity contribution in [1.82, 2.24) is 9.97 Å². The van der Waals surface area contributed by atoms with Crippen molar-refractivity contribution in [2.45, 2.75) is 26.3 Å². The van der Waals surface area contributed by atoms with Crippen LogP contribution in [0.5, 0.6) is 0 Å². The van der Waals surface area contributed by atoms with E-state index in [1.165, 1.54) is 6.07 Å². The fraction of sp³-hybridized carbons (Fsp3) is 0.286. The maximum Gasteiger partial charge on any atom is 0.148 e. The number of nitrogens with two attached hydrogens (primary N) is 1. The third-order valence-corrected chi connectivity index (χ3v) is 3.13. The van der Waals surface area contributed by atoms with E-state index < -0.39 is 5.54 Å². The van der Waals surface area contributed by atoms with Crippen molar-refractivity contribution in [2.75, 3.05) is 0 Å². The molecule has 0 saturated carbocycles. The zero-order chi connectivity index (χ0) is 14.2. The second-order valence-corrected chi connectivity index (χ2v) is 5.98. The minimum Gasteiger partial charge on any atom is -0.319 e. The number of rotatable bonds is 2. The molecule has 0 aliphatic carbocycles. The number of aromatic nitrogens is 2. The Kier molecular flexibility index (Phi) is 3.69. The summed E-state index contributed by atoms with van der Waals surface area (Å²) in [6, 6.07) is 6.51. The Labute approximate surface area is 120 Å². The number of nitrogens with zero attached hydrogens (tertiary/aromatic N) is 2. The van der Waals surface area contributed by atoms with E-state index in [0.29, 0.717) is 17.1 Å². The smallest absolute Gasteiger partial charge is 0.148 e. The van der Waals surface area contributed by atoms with E-state index in [0.717, 1.165) is 10.2 Å². The number of hydrogen-bond donors (Lipinski definition) is 1. The Bertz CT molecular complexity index is 621. The second kappa shape index (κ2) is 4.98. The monoisotopic (exact) mass is 323 g/mol. The van der Waals surface area contributed by atoms with E-state index in [9.17, 15) is 4.39 Å². The van der Waals surface area contributed by atoms with Gasteiger partial charge in [0.05, 0.1) is 11.2 Å². The average molecular weight is 324 g/mol. The van der Waals surface area contributed by atoms with Crippen molar-refractivity contribution in [2.24, 2.45) is 5.73 Å². The molecule has 0 unspecified atom stereocenters. The van der Waals surface area contributed by atoms with Gasteiger partial charge in [-0.05, 0) is 45.0 Å². The van der Waals surface area contributed by atoms with Gasteiger partial charge in [0.15, 0.2) is 0 Å². The van der Waals surface area contributed by atoms with E-state index in [-0.39, 0.29) is 5.82 Å². The largest absolute Gasteiger partial charge is 0.319 e. The van der Waals surface area contributed by atoms with Crippen molar-refractivity contribution < 1.29 is 4.39 Å². The topological polar surface area (TPSA) is 51.8 Å². The minimum absolute atomic E-state index is 0.318. The van der Waals surface area contributed by atoms with Crippen LogP contribution in [-0.4, -0.2) is 9.97 Å². The predicted octanol–water partition coefficient (Wildman–Crippen LogP) is 3.55. The van der Waals surface area contributed by atoms with Gasteiger partial charge in [-0.1, -0.05) is 15.9 Å². The lowest BCUT2D eigenvalue weighted by Gasteiger charge is -2.18. The van der Waals surface area contributed by atoms with Gasteiger partial charge in [-0.2, -0.15) is 0 Å². The summed E-state index contributed by atoms with van der Waals surface area (Å²) in [5.74, 6) is 0.184. The maximum absolute atomic E-state index is 13.9. The number of halogens is 2. The summed E-state index contributed by atoms with van der Waals surface area (Å²) in [6.45, 7) is 5.49. The molecule has 1 heterocycles. The zero-order valence-corrected chi connectivity index (χ0v) is 12.6. The highest BCUT2D eigenvalue weighted by atomic mass is 79.9. The van der Waals surface area contributed by atoms with Crippen molar-refractivity contribution in [1.29, 1.82) is 0 Å². The summed E-state index contributed by atoms with van der Waals surface area (Å²) in [5.41, 5.74) is 7.09. The predicted molar refractivity (Wildman–Crippen MR) is 77.1 cm³/mol. The summed E-state index contributed by atoms with van der Waals surface area (Å²) < 4.78 is 14.7. The quantitative estimate of drug-likeness (QED) is 0.919. The van der Waals surface area contributed by atoms with Crippen LogP contribution in [0.4, 0.5) is 4.39 Å². The maximum atomic E-state index is 13.9. The van der Waals surface area contributed by atoms with E-state index in [2.05, 4.69) is 25.9 Å². The van der Waals surface area contributed by atoms with E-state index >= 15 is 0 Å². The minimum atomic E-state index is -0.663. The Hall–Kier alpha value is -1.33. The van der Waals surface area contributed by atoms with Crippen LogP contribution in [0.25, 0.3) is 11.3 Å². The lowest BCUT2D eigenvalue weighted by Crippen LogP contribution is -2.31. The Morgan fingerprint density at radius 3 is 2.53 bits per heavy atom. The number of benzene rings is 1. The van der Waals surface area contributed by atoms with Crippen LogP contribution in [0.2, 0.25) is 0 Å². The summed E-state index contributed by atoms with van der Waals surface area (Å²) in [6.07, 6.45) is 0. The molecule has 19 heavy (non-hydrogen) atoms. The van der Waals surface area contributed by atoms with Crippen LogP contribution in [-0.2, 0) is 5.54 Å². The van der Waals surface area contributed by atoms with Crippen LogP contribution < -0.4 is 5.73 Å². The van der Waals surface area contributed by atoms with E-state index in [1.807, 2.05) is 20.8 Å². The first-order valence-electron chi connectivity index (χ1n) is 5.88. The third kappa shape index (κ3) is 3.16. The Balaban J connectivity index is 2.63. The molecule has 3 nitrogen and oxygen atoms in total. The average Bonchev–Trinajstić information content (AvgIpc) is 2.30. The van der Waals surface area contributed by atoms with E-state index in [1.54, 1.807) is 18.2 Å². The zero-order valence-electron chi connectivity index (χ0n) is 11.0. The van der Waals surface area contributed by atoms with Crippen molar-refractivity contribution in [3.63, 3.8) is 0 Å². The molecule has 5 heteroatoms. The molecule has 2 rings (SSSR count). The molecule has 1 aromatic heterocycles. The highest BCUT2D eigenvalue weighted by molar-refractivity contribution is 9.10. The van der Waals surface area contributed by atoms with Gasteiger partial charge < -0.3 is 5.73 Å². The number of aryl methyl sites for hydroxylation is 1. The fourth-order valence-corrected chi connectivity index (χ4v) is 2.05. The molecule has 0 bridgehead atoms. The van der Waals surface area contributed by atoms with Crippen molar-refractivity contribution >= 4 is 15.9 Å². The fourth-order valence-electron chi connectivity index (χ4n) is 1.69. The van der Waals surface area contributed by atoms with Gasteiger partial charge >= 0.3 is 0 Å². The summed E-state index contributed by atoms with van der Waals surface area (Å²) in [7, 11) is 0. The van der Waals surface area contributed by atoms with Crippen LogP contribution >= 0.6 is 15.9 Å². The lowest BCUT2D eigenvalue weighted by atomic mass is 10.0. The molecule has 0 radical (unpaired) electrons. The van der Waals surface area contributed by atoms with Gasteiger partial charge in [-0.25, -0.2) is 14.4 Å². The summed E-state index contributed by atoms with van der Waals surface area (Å²) in [5, 5.41) is 0. The lowest BCUT2D eigenvalue weighted by molar-refractivity contribution is 0.512. The summed E-state index contributed by atoms with van der Waals surface area (Å²) >= 11 is 3.34. The molecular formula is C14H15BrFN3. The van der Waals surface area contributed by atoms with Crippen LogP contribution in [0, 0.1) is 12.7 Å². The van der Waals surface area contributed by atoms with Gasteiger partial charge in [0.25, 0.3) is 0 Å². The Morgan fingerprint density at radius 2 is 1.89 bits per heavy atom. The molecule has 0 saturated heterocycles. The molecule has 0 aliphatic heterocycles. The molecule has 2 aromatic rings.